The highest BCUT2D eigenvalue weighted by molar-refractivity contribution is 14.0. The number of nitrogens with one attached hydrogen (secondary N) is 2. The van der Waals surface area contributed by atoms with E-state index >= 15 is 0 Å². The van der Waals surface area contributed by atoms with E-state index in [0.717, 1.165) is 35.1 Å². The van der Waals surface area contributed by atoms with Gasteiger partial charge in [0, 0.05) is 18.9 Å². The summed E-state index contributed by atoms with van der Waals surface area (Å²) < 4.78 is 8.98. The second-order valence-corrected chi connectivity index (χ2v) is 6.54. The van der Waals surface area contributed by atoms with Gasteiger partial charge in [0.15, 0.2) is 17.4 Å². The van der Waals surface area contributed by atoms with Crippen molar-refractivity contribution in [3.05, 3.63) is 72.4 Å². The number of nitrogens with zero attached hydrogens (tertiary/aromatic N) is 6. The third kappa shape index (κ3) is 5.51. The van der Waals surface area contributed by atoms with Crippen LogP contribution in [0.1, 0.15) is 18.4 Å². The molecule has 0 aliphatic carbocycles. The minimum atomic E-state index is 0. The molecule has 31 heavy (non-hydrogen) atoms. The number of ether oxygens (including phenoxy) is 1. The van der Waals surface area contributed by atoms with Crippen molar-refractivity contribution in [2.45, 2.75) is 20.0 Å². The van der Waals surface area contributed by atoms with Gasteiger partial charge in [-0.1, -0.05) is 6.07 Å². The predicted molar refractivity (Wildman–Crippen MR) is 130 cm³/mol. The largest absolute Gasteiger partial charge is 0.497 e. The monoisotopic (exact) mass is 532 g/mol. The number of aromatic nitrogens is 5. The van der Waals surface area contributed by atoms with Gasteiger partial charge in [0.2, 0.25) is 0 Å². The second kappa shape index (κ2) is 10.8. The number of hydrogen-bond donors (Lipinski definition) is 2. The first kappa shape index (κ1) is 22.5. The normalized spacial score (nSPS) is 11.2. The van der Waals surface area contributed by atoms with Gasteiger partial charge in [-0.25, -0.2) is 9.67 Å². The van der Waals surface area contributed by atoms with Gasteiger partial charge in [-0.3, -0.25) is 4.40 Å². The van der Waals surface area contributed by atoms with Crippen molar-refractivity contribution in [1.82, 2.24) is 35.0 Å². The molecular formula is C21H25IN8O. The molecule has 4 aromatic rings. The molecule has 10 heteroatoms. The smallest absolute Gasteiger partial charge is 0.192 e. The summed E-state index contributed by atoms with van der Waals surface area (Å²) in [6, 6.07) is 15.5. The molecule has 1 aromatic carbocycles. The number of methoxy groups -OCH3 is 1. The predicted octanol–water partition coefficient (Wildman–Crippen LogP) is 2.80. The molecule has 0 spiro atoms. The highest BCUT2D eigenvalue weighted by atomic mass is 127. The molecule has 0 unspecified atom stereocenters. The van der Waals surface area contributed by atoms with Crippen LogP contribution in [0.3, 0.4) is 0 Å². The van der Waals surface area contributed by atoms with Crippen molar-refractivity contribution in [2.24, 2.45) is 4.99 Å². The molecule has 3 aromatic heterocycles. The van der Waals surface area contributed by atoms with Crippen molar-refractivity contribution < 1.29 is 4.74 Å². The fourth-order valence-electron chi connectivity index (χ4n) is 3.00. The third-order valence-electron chi connectivity index (χ3n) is 4.52. The number of halogens is 1. The summed E-state index contributed by atoms with van der Waals surface area (Å²) in [5, 5.41) is 19.6. The molecule has 2 N–H and O–H groups in total. The summed E-state index contributed by atoms with van der Waals surface area (Å²) in [5.41, 5.74) is 2.66. The zero-order valence-electron chi connectivity index (χ0n) is 17.4. The van der Waals surface area contributed by atoms with Crippen LogP contribution >= 0.6 is 24.0 Å². The fourth-order valence-corrected chi connectivity index (χ4v) is 3.00. The third-order valence-corrected chi connectivity index (χ3v) is 4.52. The van der Waals surface area contributed by atoms with Crippen molar-refractivity contribution in [3.8, 4) is 11.4 Å². The molecule has 0 fully saturated rings. The molecule has 9 nitrogen and oxygen atoms in total. The maximum Gasteiger partial charge on any atom is 0.192 e. The quantitative estimate of drug-likeness (QED) is 0.216. The maximum absolute atomic E-state index is 5.20. The van der Waals surface area contributed by atoms with E-state index in [-0.39, 0.29) is 24.0 Å². The Labute approximate surface area is 197 Å². The molecule has 0 aliphatic heterocycles. The lowest BCUT2D eigenvalue weighted by Crippen LogP contribution is -2.37. The number of aliphatic imine (C=N–C) groups is 1. The van der Waals surface area contributed by atoms with Crippen molar-refractivity contribution >= 4 is 35.6 Å². The zero-order valence-corrected chi connectivity index (χ0v) is 19.7. The number of fused-ring (bicyclic) bond motifs is 1. The van der Waals surface area contributed by atoms with Crippen LogP contribution in [0.4, 0.5) is 0 Å². The number of benzene rings is 1. The SMILES string of the molecule is CCNC(=NCc1ccn(-c2ccc(OC)cc2)n1)NCc1nnc2ccccn12.I. The lowest BCUT2D eigenvalue weighted by Gasteiger charge is -2.10. The number of rotatable bonds is 7. The van der Waals surface area contributed by atoms with Gasteiger partial charge >= 0.3 is 0 Å². The molecule has 162 valence electrons. The molecule has 3 heterocycles. The van der Waals surface area contributed by atoms with E-state index in [1.54, 1.807) is 7.11 Å². The fraction of sp³-hybridized carbons (Fsp3) is 0.238. The minimum absolute atomic E-state index is 0. The Balaban J connectivity index is 0.00000272. The number of hydrogen-bond acceptors (Lipinski definition) is 5. The van der Waals surface area contributed by atoms with Crippen LogP contribution in [-0.2, 0) is 13.1 Å². The average Bonchev–Trinajstić information content (AvgIpc) is 3.43. The molecule has 0 saturated carbocycles. The van der Waals surface area contributed by atoms with E-state index in [0.29, 0.717) is 19.0 Å². The van der Waals surface area contributed by atoms with E-state index in [4.69, 9.17) is 4.74 Å². The molecule has 0 saturated heterocycles. The van der Waals surface area contributed by atoms with Gasteiger partial charge in [0.25, 0.3) is 0 Å². The van der Waals surface area contributed by atoms with E-state index in [2.05, 4.69) is 30.9 Å². The van der Waals surface area contributed by atoms with Crippen LogP contribution < -0.4 is 15.4 Å². The maximum atomic E-state index is 5.20. The van der Waals surface area contributed by atoms with Gasteiger partial charge in [0.1, 0.15) is 5.75 Å². The van der Waals surface area contributed by atoms with Crippen molar-refractivity contribution in [1.29, 1.82) is 0 Å². The van der Waals surface area contributed by atoms with Crippen molar-refractivity contribution in [3.63, 3.8) is 0 Å². The summed E-state index contributed by atoms with van der Waals surface area (Å²) in [6.07, 6.45) is 3.87. The molecule has 0 radical (unpaired) electrons. The standard InChI is InChI=1S/C21H24N8O.HI/c1-3-22-21(24-15-20-26-25-19-6-4-5-12-28(19)20)23-14-16-11-13-29(27-16)17-7-9-18(30-2)10-8-17;/h4-13H,3,14-15H2,1-2H3,(H2,22,23,24);1H. The highest BCUT2D eigenvalue weighted by Gasteiger charge is 2.06. The van der Waals surface area contributed by atoms with E-state index in [1.165, 1.54) is 0 Å². The Bertz CT molecular complexity index is 1140. The topological polar surface area (TPSA) is 93.7 Å². The summed E-state index contributed by atoms with van der Waals surface area (Å²) >= 11 is 0. The Hall–Kier alpha value is -3.15. The molecule has 0 amide bonds. The molecule has 4 rings (SSSR count). The number of guanidine groups is 1. The van der Waals surface area contributed by atoms with Gasteiger partial charge in [-0.2, -0.15) is 5.10 Å². The highest BCUT2D eigenvalue weighted by Crippen LogP contribution is 2.14. The van der Waals surface area contributed by atoms with Crippen LogP contribution in [0.5, 0.6) is 5.75 Å². The van der Waals surface area contributed by atoms with Crippen LogP contribution in [0, 0.1) is 0 Å². The van der Waals surface area contributed by atoms with Crippen LogP contribution in [0.25, 0.3) is 11.3 Å². The van der Waals surface area contributed by atoms with Crippen LogP contribution in [0.15, 0.2) is 65.9 Å². The number of pyridine rings is 1. The Morgan fingerprint density at radius 3 is 2.65 bits per heavy atom. The Morgan fingerprint density at radius 2 is 1.87 bits per heavy atom. The van der Waals surface area contributed by atoms with Gasteiger partial charge in [0.05, 0.1) is 31.6 Å². The molecule has 0 aliphatic rings. The first-order chi connectivity index (χ1) is 14.8. The molecular weight excluding hydrogens is 507 g/mol. The van der Waals surface area contributed by atoms with E-state index in [9.17, 15) is 0 Å². The zero-order chi connectivity index (χ0) is 20.8. The lowest BCUT2D eigenvalue weighted by atomic mass is 10.3. The summed E-state index contributed by atoms with van der Waals surface area (Å²) in [7, 11) is 1.65. The molecule has 0 bridgehead atoms. The second-order valence-electron chi connectivity index (χ2n) is 6.54. The lowest BCUT2D eigenvalue weighted by molar-refractivity contribution is 0.414. The first-order valence-electron chi connectivity index (χ1n) is 9.76. The van der Waals surface area contributed by atoms with Gasteiger partial charge in [-0.15, -0.1) is 34.2 Å². The van der Waals surface area contributed by atoms with Gasteiger partial charge in [-0.05, 0) is 49.4 Å². The van der Waals surface area contributed by atoms with Gasteiger partial charge < -0.3 is 15.4 Å². The first-order valence-corrected chi connectivity index (χ1v) is 9.76. The minimum Gasteiger partial charge on any atom is -0.497 e. The summed E-state index contributed by atoms with van der Waals surface area (Å²) in [4.78, 5) is 4.64. The Morgan fingerprint density at radius 1 is 1.03 bits per heavy atom. The summed E-state index contributed by atoms with van der Waals surface area (Å²) in [6.45, 7) is 3.76. The van der Waals surface area contributed by atoms with Crippen molar-refractivity contribution in [2.75, 3.05) is 13.7 Å². The van der Waals surface area contributed by atoms with E-state index in [1.807, 2.05) is 76.9 Å². The Kier molecular flexibility index (Phi) is 7.82. The molecule has 0 atom stereocenters. The van der Waals surface area contributed by atoms with Crippen LogP contribution in [-0.4, -0.2) is 44.0 Å². The van der Waals surface area contributed by atoms with Crippen LogP contribution in [0.2, 0.25) is 0 Å². The van der Waals surface area contributed by atoms with E-state index < -0.39 is 0 Å². The summed E-state index contributed by atoms with van der Waals surface area (Å²) in [5.74, 6) is 2.33. The average molecular weight is 532 g/mol.